The third kappa shape index (κ3) is 3.46. The maximum absolute atomic E-state index is 6.02. The molecule has 3 N–H and O–H groups in total. The molecule has 4 aromatic rings. The fourth-order valence-electron chi connectivity index (χ4n) is 3.08. The Morgan fingerprint density at radius 3 is 2.82 bits per heavy atom. The Morgan fingerprint density at radius 1 is 1.04 bits per heavy atom. The molecule has 2 aromatic heterocycles. The van der Waals surface area contributed by atoms with Crippen LogP contribution in [0.1, 0.15) is 30.0 Å². The highest BCUT2D eigenvalue weighted by molar-refractivity contribution is 5.88. The maximum Gasteiger partial charge on any atom is 0.324 e. The summed E-state index contributed by atoms with van der Waals surface area (Å²) in [6, 6.07) is 17.4. The normalized spacial score (nSPS) is 13.6. The topological polar surface area (TPSA) is 98.9 Å². The van der Waals surface area contributed by atoms with E-state index in [9.17, 15) is 0 Å². The maximum atomic E-state index is 6.02. The van der Waals surface area contributed by atoms with E-state index in [0.29, 0.717) is 30.0 Å². The zero-order chi connectivity index (χ0) is 18.9. The molecule has 1 fully saturated rings. The molecule has 7 nitrogen and oxygen atoms in total. The molecule has 1 saturated carbocycles. The van der Waals surface area contributed by atoms with Crippen molar-refractivity contribution in [2.24, 2.45) is 0 Å². The van der Waals surface area contributed by atoms with Gasteiger partial charge in [-0.05, 0) is 42.7 Å². The summed E-state index contributed by atoms with van der Waals surface area (Å²) in [7, 11) is 0. The average molecular weight is 373 g/mol. The van der Waals surface area contributed by atoms with Gasteiger partial charge in [0, 0.05) is 23.1 Å². The molecule has 5 rings (SSSR count). The summed E-state index contributed by atoms with van der Waals surface area (Å²) in [5.41, 5.74) is 8.88. The van der Waals surface area contributed by atoms with E-state index in [2.05, 4.69) is 20.2 Å². The lowest BCUT2D eigenvalue weighted by Crippen LogP contribution is -1.99. The Balaban J connectivity index is 1.29. The van der Waals surface area contributed by atoms with E-state index in [4.69, 9.17) is 15.2 Å². The summed E-state index contributed by atoms with van der Waals surface area (Å²) >= 11 is 0. The number of nitrogens with two attached hydrogens (primary N) is 1. The van der Waals surface area contributed by atoms with Crippen LogP contribution in [0.25, 0.3) is 10.9 Å². The lowest BCUT2D eigenvalue weighted by molar-refractivity contribution is 0.293. The van der Waals surface area contributed by atoms with Gasteiger partial charge >= 0.3 is 6.01 Å². The summed E-state index contributed by atoms with van der Waals surface area (Å²) in [5.74, 6) is 2.25. The minimum Gasteiger partial charge on any atom is -0.472 e. The van der Waals surface area contributed by atoms with Crippen LogP contribution >= 0.6 is 0 Å². The number of aromatic nitrogens is 4. The van der Waals surface area contributed by atoms with Crippen LogP contribution in [-0.4, -0.2) is 20.2 Å². The number of rotatable bonds is 6. The van der Waals surface area contributed by atoms with Gasteiger partial charge in [-0.1, -0.05) is 24.3 Å². The van der Waals surface area contributed by atoms with Crippen molar-refractivity contribution in [1.29, 1.82) is 0 Å². The van der Waals surface area contributed by atoms with Crippen molar-refractivity contribution in [3.05, 3.63) is 65.9 Å². The third-order valence-corrected chi connectivity index (χ3v) is 4.70. The number of hydrogen-bond acceptors (Lipinski definition) is 6. The first-order chi connectivity index (χ1) is 13.7. The van der Waals surface area contributed by atoms with Crippen molar-refractivity contribution >= 4 is 16.7 Å². The van der Waals surface area contributed by atoms with Crippen LogP contribution < -0.4 is 15.2 Å². The predicted molar refractivity (Wildman–Crippen MR) is 105 cm³/mol. The molecule has 2 aromatic carbocycles. The van der Waals surface area contributed by atoms with Gasteiger partial charge in [-0.25, -0.2) is 0 Å². The van der Waals surface area contributed by atoms with Crippen molar-refractivity contribution in [3.8, 4) is 17.6 Å². The van der Waals surface area contributed by atoms with Crippen LogP contribution in [0, 0.1) is 0 Å². The molecule has 0 radical (unpaired) electrons. The van der Waals surface area contributed by atoms with Crippen molar-refractivity contribution < 1.29 is 9.47 Å². The first-order valence-electron chi connectivity index (χ1n) is 9.22. The molecule has 0 unspecified atom stereocenters. The number of para-hydroxylation sites is 1. The van der Waals surface area contributed by atoms with E-state index in [1.54, 1.807) is 0 Å². The van der Waals surface area contributed by atoms with Crippen LogP contribution in [-0.2, 0) is 6.61 Å². The molecule has 0 bridgehead atoms. The summed E-state index contributed by atoms with van der Waals surface area (Å²) < 4.78 is 11.6. The summed E-state index contributed by atoms with van der Waals surface area (Å²) in [5, 5.41) is 8.06. The van der Waals surface area contributed by atoms with Crippen LogP contribution in [0.5, 0.6) is 17.6 Å². The number of benzene rings is 2. The zero-order valence-electron chi connectivity index (χ0n) is 15.1. The van der Waals surface area contributed by atoms with Gasteiger partial charge in [0.15, 0.2) is 0 Å². The molecule has 1 aliphatic carbocycles. The quantitative estimate of drug-likeness (QED) is 0.526. The van der Waals surface area contributed by atoms with Gasteiger partial charge in [-0.3, -0.25) is 5.10 Å². The van der Waals surface area contributed by atoms with E-state index >= 15 is 0 Å². The summed E-state index contributed by atoms with van der Waals surface area (Å²) in [6.45, 7) is 0.396. The Kier molecular flexibility index (Phi) is 4.05. The molecular formula is C21H19N5O2. The van der Waals surface area contributed by atoms with Gasteiger partial charge in [0.2, 0.25) is 5.88 Å². The molecule has 2 heterocycles. The third-order valence-electron chi connectivity index (χ3n) is 4.70. The molecule has 140 valence electrons. The largest absolute Gasteiger partial charge is 0.472 e. The summed E-state index contributed by atoms with van der Waals surface area (Å²) in [4.78, 5) is 8.67. The smallest absolute Gasteiger partial charge is 0.324 e. The lowest BCUT2D eigenvalue weighted by atomic mass is 10.2. The molecule has 0 amide bonds. The summed E-state index contributed by atoms with van der Waals surface area (Å²) in [6.07, 6.45) is 2.45. The van der Waals surface area contributed by atoms with E-state index < -0.39 is 0 Å². The molecule has 28 heavy (non-hydrogen) atoms. The number of ether oxygens (including phenoxy) is 2. The second-order valence-corrected chi connectivity index (χ2v) is 6.88. The van der Waals surface area contributed by atoms with Gasteiger partial charge in [-0.2, -0.15) is 9.97 Å². The second kappa shape index (κ2) is 6.84. The predicted octanol–water partition coefficient (Wildman–Crippen LogP) is 4.18. The van der Waals surface area contributed by atoms with Crippen molar-refractivity contribution in [1.82, 2.24) is 20.2 Å². The van der Waals surface area contributed by atoms with Gasteiger partial charge in [0.05, 0.1) is 5.52 Å². The first-order valence-corrected chi connectivity index (χ1v) is 9.22. The fraction of sp³-hybridized carbons (Fsp3) is 0.190. The fourth-order valence-corrected chi connectivity index (χ4v) is 3.08. The first kappa shape index (κ1) is 16.6. The molecule has 0 aliphatic heterocycles. The van der Waals surface area contributed by atoms with Crippen LogP contribution in [0.2, 0.25) is 0 Å². The number of fused-ring (bicyclic) bond motifs is 1. The molecule has 1 aliphatic rings. The van der Waals surface area contributed by atoms with E-state index in [1.165, 1.54) is 12.8 Å². The highest BCUT2D eigenvalue weighted by Gasteiger charge is 2.25. The average Bonchev–Trinajstić information content (AvgIpc) is 3.45. The Hall–Kier alpha value is -3.61. The van der Waals surface area contributed by atoms with E-state index in [0.717, 1.165) is 22.2 Å². The standard InChI is InChI=1S/C21H19N5O2/c22-20-16-6-1-2-7-17(16)23-21(24-20)28-15-5-3-4-13(10-15)12-27-19-11-18(25-26-19)14-8-9-14/h1-7,10-11,14H,8-9,12H2,(H,25,26)(H2,22,23,24). The number of nitrogen functional groups attached to an aromatic ring is 1. The van der Waals surface area contributed by atoms with E-state index in [-0.39, 0.29) is 6.01 Å². The highest BCUT2D eigenvalue weighted by Crippen LogP contribution is 2.39. The number of nitrogens with zero attached hydrogens (tertiary/aromatic N) is 3. The molecule has 0 saturated heterocycles. The molecule has 0 atom stereocenters. The monoisotopic (exact) mass is 373 g/mol. The molecule has 7 heteroatoms. The number of anilines is 1. The van der Waals surface area contributed by atoms with Crippen molar-refractivity contribution in [3.63, 3.8) is 0 Å². The number of nitrogens with one attached hydrogen (secondary N) is 1. The minimum absolute atomic E-state index is 0.218. The second-order valence-electron chi connectivity index (χ2n) is 6.88. The van der Waals surface area contributed by atoms with Gasteiger partial charge < -0.3 is 15.2 Å². The van der Waals surface area contributed by atoms with Gasteiger partial charge in [0.25, 0.3) is 0 Å². The van der Waals surface area contributed by atoms with Crippen LogP contribution in [0.15, 0.2) is 54.6 Å². The van der Waals surface area contributed by atoms with Crippen molar-refractivity contribution in [2.75, 3.05) is 5.73 Å². The number of aromatic amines is 1. The van der Waals surface area contributed by atoms with Gasteiger partial charge in [0.1, 0.15) is 18.2 Å². The van der Waals surface area contributed by atoms with Gasteiger partial charge in [-0.15, -0.1) is 5.10 Å². The number of hydrogen-bond donors (Lipinski definition) is 2. The minimum atomic E-state index is 0.218. The molecular weight excluding hydrogens is 354 g/mol. The van der Waals surface area contributed by atoms with E-state index in [1.807, 2.05) is 54.6 Å². The SMILES string of the molecule is Nc1nc(Oc2cccc(COc3cc(C4CC4)[nH]n3)c2)nc2ccccc12. The Labute approximate surface area is 161 Å². The van der Waals surface area contributed by atoms with Crippen molar-refractivity contribution in [2.45, 2.75) is 25.4 Å². The lowest BCUT2D eigenvalue weighted by Gasteiger charge is -2.08. The van der Waals surface area contributed by atoms with Crippen LogP contribution in [0.4, 0.5) is 5.82 Å². The Morgan fingerprint density at radius 2 is 1.93 bits per heavy atom. The number of H-pyrrole nitrogens is 1. The van der Waals surface area contributed by atoms with Crippen LogP contribution in [0.3, 0.4) is 0 Å². The zero-order valence-corrected chi connectivity index (χ0v) is 15.1. The highest BCUT2D eigenvalue weighted by atomic mass is 16.5. The Bertz CT molecular complexity index is 1140. The molecule has 0 spiro atoms.